The molecule has 0 atom stereocenters. The molecule has 25 heavy (non-hydrogen) atoms. The molecule has 0 saturated carbocycles. The Bertz CT molecular complexity index is 735. The van der Waals surface area contributed by atoms with Crippen molar-refractivity contribution >= 4 is 5.69 Å². The van der Waals surface area contributed by atoms with Gasteiger partial charge in [0.1, 0.15) is 5.82 Å². The van der Waals surface area contributed by atoms with E-state index < -0.39 is 0 Å². The van der Waals surface area contributed by atoms with Crippen molar-refractivity contribution in [3.63, 3.8) is 0 Å². The molecule has 0 aliphatic carbocycles. The molecule has 1 fully saturated rings. The highest BCUT2D eigenvalue weighted by atomic mass is 19.1. The zero-order chi connectivity index (χ0) is 17.4. The van der Waals surface area contributed by atoms with Gasteiger partial charge >= 0.3 is 0 Å². The molecule has 2 aromatic rings. The van der Waals surface area contributed by atoms with Crippen LogP contribution >= 0.6 is 0 Å². The van der Waals surface area contributed by atoms with E-state index in [-0.39, 0.29) is 12.4 Å². The van der Waals surface area contributed by atoms with E-state index >= 15 is 0 Å². The van der Waals surface area contributed by atoms with Crippen LogP contribution in [0.3, 0.4) is 0 Å². The van der Waals surface area contributed by atoms with E-state index in [1.165, 1.54) is 23.4 Å². The van der Waals surface area contributed by atoms with E-state index in [9.17, 15) is 9.50 Å². The van der Waals surface area contributed by atoms with Crippen LogP contribution in [0.2, 0.25) is 0 Å². The number of anilines is 1. The second kappa shape index (κ2) is 6.77. The van der Waals surface area contributed by atoms with Gasteiger partial charge in [-0.3, -0.25) is 9.58 Å². The molecule has 6 heteroatoms. The van der Waals surface area contributed by atoms with Gasteiger partial charge < -0.3 is 10.0 Å². The molecule has 0 amide bonds. The number of rotatable bonds is 3. The highest BCUT2D eigenvalue weighted by molar-refractivity contribution is 5.46. The highest BCUT2D eigenvalue weighted by Crippen LogP contribution is 2.28. The average molecular weight is 344 g/mol. The normalized spacial score (nSPS) is 19.2. The summed E-state index contributed by atoms with van der Waals surface area (Å²) in [6.45, 7) is 3.96. The molecule has 1 saturated heterocycles. The maximum Gasteiger partial charge on any atom is 0.123 e. The van der Waals surface area contributed by atoms with E-state index in [2.05, 4.69) is 14.9 Å². The van der Waals surface area contributed by atoms with Crippen LogP contribution in [0, 0.1) is 5.82 Å². The van der Waals surface area contributed by atoms with Crippen molar-refractivity contribution < 1.29 is 9.50 Å². The van der Waals surface area contributed by atoms with Crippen molar-refractivity contribution in [2.24, 2.45) is 7.05 Å². The first-order valence-corrected chi connectivity index (χ1v) is 9.04. The zero-order valence-electron chi connectivity index (χ0n) is 14.7. The molecule has 134 valence electrons. The summed E-state index contributed by atoms with van der Waals surface area (Å²) in [4.78, 5) is 4.89. The lowest BCUT2D eigenvalue weighted by Crippen LogP contribution is -2.46. The third-order valence-corrected chi connectivity index (χ3v) is 5.68. The maximum absolute atomic E-state index is 13.1. The maximum atomic E-state index is 13.1. The number of halogens is 1. The van der Waals surface area contributed by atoms with Gasteiger partial charge in [-0.15, -0.1) is 0 Å². The molecule has 0 unspecified atom stereocenters. The van der Waals surface area contributed by atoms with E-state index in [4.69, 9.17) is 0 Å². The summed E-state index contributed by atoms with van der Waals surface area (Å²) in [7, 11) is 1.97. The highest BCUT2D eigenvalue weighted by Gasteiger charge is 2.30. The Morgan fingerprint density at radius 3 is 2.56 bits per heavy atom. The van der Waals surface area contributed by atoms with Crippen LogP contribution in [0.4, 0.5) is 10.1 Å². The average Bonchev–Trinajstić information content (AvgIpc) is 2.98. The lowest BCUT2D eigenvalue weighted by molar-refractivity contribution is 0.150. The molecule has 5 nitrogen and oxygen atoms in total. The molecule has 0 radical (unpaired) electrons. The minimum atomic E-state index is -0.182. The van der Waals surface area contributed by atoms with Crippen molar-refractivity contribution in [2.75, 3.05) is 24.5 Å². The second-order valence-corrected chi connectivity index (χ2v) is 7.07. The first-order valence-electron chi connectivity index (χ1n) is 9.04. The van der Waals surface area contributed by atoms with Crippen molar-refractivity contribution in [3.8, 4) is 0 Å². The lowest BCUT2D eigenvalue weighted by Gasteiger charge is -2.41. The summed E-state index contributed by atoms with van der Waals surface area (Å²) in [6.07, 6.45) is 3.22. The van der Waals surface area contributed by atoms with E-state index in [1.807, 2.05) is 23.9 Å². The number of benzene rings is 1. The Morgan fingerprint density at radius 2 is 1.88 bits per heavy atom. The molecule has 1 N–H and O–H groups in total. The van der Waals surface area contributed by atoms with E-state index in [0.717, 1.165) is 56.8 Å². The van der Waals surface area contributed by atoms with Gasteiger partial charge in [-0.2, -0.15) is 5.10 Å². The molecular formula is C19H25FN4O. The number of aryl methyl sites for hydroxylation is 1. The Kier molecular flexibility index (Phi) is 4.48. The third kappa shape index (κ3) is 3.16. The van der Waals surface area contributed by atoms with Crippen LogP contribution in [-0.4, -0.2) is 45.5 Å². The number of hydrogen-bond donors (Lipinski definition) is 1. The summed E-state index contributed by atoms with van der Waals surface area (Å²) in [5, 5.41) is 14.0. The minimum absolute atomic E-state index is 0.0139. The Hall–Kier alpha value is -1.92. The number of aliphatic hydroxyl groups excluding tert-OH is 1. The standard InChI is InChI=1S/C19H25FN4O/c1-22-19-8-11-24(12-17(19)18(13-25)21-22)16-6-9-23(10-7-16)15-4-2-14(20)3-5-15/h2-5,16,25H,6-13H2,1H3. The van der Waals surface area contributed by atoms with Gasteiger partial charge in [-0.05, 0) is 37.1 Å². The Balaban J connectivity index is 1.40. The van der Waals surface area contributed by atoms with Crippen LogP contribution in [0.15, 0.2) is 24.3 Å². The SMILES string of the molecule is Cn1nc(CO)c2c1CCN(C1CCN(c3ccc(F)cc3)CC1)C2. The molecule has 1 aromatic carbocycles. The molecule has 0 bridgehead atoms. The topological polar surface area (TPSA) is 44.5 Å². The number of fused-ring (bicyclic) bond motifs is 1. The number of hydrogen-bond acceptors (Lipinski definition) is 4. The number of aliphatic hydroxyl groups is 1. The van der Waals surface area contributed by atoms with Crippen LogP contribution in [-0.2, 0) is 26.6 Å². The Labute approximate surface area is 147 Å². The van der Waals surface area contributed by atoms with Crippen LogP contribution in [0.1, 0.15) is 29.8 Å². The van der Waals surface area contributed by atoms with E-state index in [1.54, 1.807) is 0 Å². The minimum Gasteiger partial charge on any atom is -0.390 e. The first kappa shape index (κ1) is 16.5. The fourth-order valence-corrected chi connectivity index (χ4v) is 4.27. The molecule has 3 heterocycles. The lowest BCUT2D eigenvalue weighted by atomic mass is 9.97. The fourth-order valence-electron chi connectivity index (χ4n) is 4.27. The summed E-state index contributed by atoms with van der Waals surface area (Å²) in [5.74, 6) is -0.182. The van der Waals surface area contributed by atoms with Gasteiger partial charge in [0.15, 0.2) is 0 Å². The third-order valence-electron chi connectivity index (χ3n) is 5.68. The van der Waals surface area contributed by atoms with Crippen molar-refractivity contribution in [1.29, 1.82) is 0 Å². The number of piperidine rings is 1. The van der Waals surface area contributed by atoms with Crippen molar-refractivity contribution in [2.45, 2.75) is 38.5 Å². The summed E-state index contributed by atoms with van der Waals surface area (Å²) < 4.78 is 15.0. The summed E-state index contributed by atoms with van der Waals surface area (Å²) in [6, 6.07) is 7.37. The van der Waals surface area contributed by atoms with E-state index in [0.29, 0.717) is 6.04 Å². The number of aromatic nitrogens is 2. The molecule has 2 aliphatic heterocycles. The van der Waals surface area contributed by atoms with Gasteiger partial charge in [0.05, 0.1) is 12.3 Å². The van der Waals surface area contributed by atoms with Crippen molar-refractivity contribution in [3.05, 3.63) is 47.0 Å². The molecular weight excluding hydrogens is 319 g/mol. The van der Waals surface area contributed by atoms with Gasteiger partial charge in [0, 0.05) is 62.6 Å². The molecule has 4 rings (SSSR count). The second-order valence-electron chi connectivity index (χ2n) is 7.07. The van der Waals surface area contributed by atoms with Gasteiger partial charge in [-0.25, -0.2) is 4.39 Å². The Morgan fingerprint density at radius 1 is 1.16 bits per heavy atom. The molecule has 0 spiro atoms. The van der Waals surface area contributed by atoms with Gasteiger partial charge in [0.2, 0.25) is 0 Å². The monoisotopic (exact) mass is 344 g/mol. The number of nitrogens with zero attached hydrogens (tertiary/aromatic N) is 4. The van der Waals surface area contributed by atoms with Gasteiger partial charge in [0.25, 0.3) is 0 Å². The fraction of sp³-hybridized carbons (Fsp3) is 0.526. The van der Waals surface area contributed by atoms with Gasteiger partial charge in [-0.1, -0.05) is 0 Å². The molecule has 1 aromatic heterocycles. The van der Waals surface area contributed by atoms with Crippen LogP contribution < -0.4 is 4.90 Å². The quantitative estimate of drug-likeness (QED) is 0.926. The van der Waals surface area contributed by atoms with Crippen LogP contribution in [0.5, 0.6) is 0 Å². The van der Waals surface area contributed by atoms with Crippen molar-refractivity contribution in [1.82, 2.24) is 14.7 Å². The smallest absolute Gasteiger partial charge is 0.123 e. The zero-order valence-corrected chi connectivity index (χ0v) is 14.7. The summed E-state index contributed by atoms with van der Waals surface area (Å²) in [5.41, 5.74) is 4.42. The molecule has 2 aliphatic rings. The first-order chi connectivity index (χ1) is 12.2. The van der Waals surface area contributed by atoms with Crippen LogP contribution in [0.25, 0.3) is 0 Å². The predicted molar refractivity (Wildman–Crippen MR) is 94.9 cm³/mol. The predicted octanol–water partition coefficient (Wildman–Crippen LogP) is 2.08. The largest absolute Gasteiger partial charge is 0.390 e. The summed E-state index contributed by atoms with van der Waals surface area (Å²) >= 11 is 0.